The van der Waals surface area contributed by atoms with Crippen molar-refractivity contribution in [2.24, 2.45) is 0 Å². The molecule has 5 rings (SSSR count). The predicted molar refractivity (Wildman–Crippen MR) is 145 cm³/mol. The van der Waals surface area contributed by atoms with Crippen LogP contribution in [0.5, 0.6) is 5.75 Å². The van der Waals surface area contributed by atoms with Crippen LogP contribution in [0.15, 0.2) is 89.9 Å². The molecule has 1 aromatic heterocycles. The first-order valence-electron chi connectivity index (χ1n) is 12.0. The van der Waals surface area contributed by atoms with E-state index in [0.717, 1.165) is 28.7 Å². The molecule has 1 aliphatic rings. The van der Waals surface area contributed by atoms with Crippen molar-refractivity contribution in [3.8, 4) is 5.75 Å². The average molecular weight is 511 g/mol. The van der Waals surface area contributed by atoms with E-state index in [1.807, 2.05) is 55.5 Å². The maximum Gasteiger partial charge on any atom is 0.301 e. The van der Waals surface area contributed by atoms with Gasteiger partial charge in [-0.15, -0.1) is 11.3 Å². The van der Waals surface area contributed by atoms with Gasteiger partial charge in [0.15, 0.2) is 5.13 Å². The number of aromatic nitrogens is 1. The molecule has 0 aliphatic carbocycles. The molecule has 1 saturated heterocycles. The Morgan fingerprint density at radius 3 is 2.41 bits per heavy atom. The van der Waals surface area contributed by atoms with Gasteiger partial charge in [-0.25, -0.2) is 4.98 Å². The van der Waals surface area contributed by atoms with Crippen LogP contribution in [0.4, 0.5) is 5.13 Å². The number of ketones is 1. The highest BCUT2D eigenvalue weighted by molar-refractivity contribution is 7.14. The van der Waals surface area contributed by atoms with Gasteiger partial charge in [-0.2, -0.15) is 0 Å². The number of ether oxygens (including phenoxy) is 1. The Morgan fingerprint density at radius 1 is 1.03 bits per heavy atom. The topological polar surface area (TPSA) is 79.7 Å². The molecule has 1 fully saturated rings. The van der Waals surface area contributed by atoms with Crippen molar-refractivity contribution in [1.29, 1.82) is 0 Å². The summed E-state index contributed by atoms with van der Waals surface area (Å²) in [5.41, 5.74) is 4.57. The monoisotopic (exact) mass is 510 g/mol. The van der Waals surface area contributed by atoms with Crippen LogP contribution < -0.4 is 9.64 Å². The van der Waals surface area contributed by atoms with Gasteiger partial charge in [0, 0.05) is 17.1 Å². The molecule has 0 saturated carbocycles. The number of carbonyl (C=O) groups excluding carboxylic acids is 2. The highest BCUT2D eigenvalue weighted by Gasteiger charge is 2.47. The van der Waals surface area contributed by atoms with Gasteiger partial charge >= 0.3 is 5.91 Å². The summed E-state index contributed by atoms with van der Waals surface area (Å²) in [5, 5.41) is 13.5. The second-order valence-corrected chi connectivity index (χ2v) is 9.69. The van der Waals surface area contributed by atoms with Crippen LogP contribution in [0, 0.1) is 6.92 Å². The van der Waals surface area contributed by atoms with Crippen LogP contribution in [-0.2, 0) is 22.6 Å². The number of aliphatic hydroxyl groups is 1. The molecule has 6 nitrogen and oxygen atoms in total. The Kier molecular flexibility index (Phi) is 6.88. The second-order valence-electron chi connectivity index (χ2n) is 8.82. The van der Waals surface area contributed by atoms with Gasteiger partial charge in [0.05, 0.1) is 11.6 Å². The number of hydrogen-bond acceptors (Lipinski definition) is 6. The van der Waals surface area contributed by atoms with E-state index in [0.29, 0.717) is 23.1 Å². The molecule has 37 heavy (non-hydrogen) atoms. The quantitative estimate of drug-likeness (QED) is 0.181. The largest absolute Gasteiger partial charge is 0.507 e. The normalized spacial score (nSPS) is 16.8. The zero-order valence-electron chi connectivity index (χ0n) is 20.5. The van der Waals surface area contributed by atoms with E-state index >= 15 is 0 Å². The lowest BCUT2D eigenvalue weighted by molar-refractivity contribution is -0.132. The fourth-order valence-corrected chi connectivity index (χ4v) is 5.08. The highest BCUT2D eigenvalue weighted by atomic mass is 32.1. The minimum atomic E-state index is -0.783. The standard InChI is InChI=1S/C30H26N2O4S/c1-3-20-8-10-21(11-9-20)26-25(28(34)29(35)32(26)30-31-16-17-37-30)27(33)22-12-14-24(15-13-22)36-18-23-7-5-4-6-19(23)2/h4-17,26,33H,3,18H2,1-2H3. The van der Waals surface area contributed by atoms with Crippen molar-refractivity contribution in [3.63, 3.8) is 0 Å². The van der Waals surface area contributed by atoms with Crippen LogP contribution in [0.25, 0.3) is 5.76 Å². The molecule has 186 valence electrons. The molecule has 1 amide bonds. The second kappa shape index (κ2) is 10.4. The molecule has 4 aromatic rings. The maximum absolute atomic E-state index is 13.2. The van der Waals surface area contributed by atoms with Crippen LogP contribution in [0.1, 0.15) is 40.8 Å². The third-order valence-corrected chi connectivity index (χ3v) is 7.33. The molecular weight excluding hydrogens is 484 g/mol. The Bertz CT molecular complexity index is 1460. The Hall–Kier alpha value is -4.23. The van der Waals surface area contributed by atoms with E-state index in [4.69, 9.17) is 4.74 Å². The molecule has 1 atom stereocenters. The van der Waals surface area contributed by atoms with Gasteiger partial charge in [0.1, 0.15) is 18.1 Å². The number of hydrogen-bond donors (Lipinski definition) is 1. The summed E-state index contributed by atoms with van der Waals surface area (Å²) in [7, 11) is 0. The van der Waals surface area contributed by atoms with E-state index in [1.165, 1.54) is 16.2 Å². The number of aryl methyl sites for hydroxylation is 2. The zero-order chi connectivity index (χ0) is 25.9. The number of Topliss-reactive ketones (excluding diaryl/α,β-unsaturated/α-hetero) is 1. The Balaban J connectivity index is 1.49. The van der Waals surface area contributed by atoms with Gasteiger partial charge < -0.3 is 9.84 Å². The van der Waals surface area contributed by atoms with Gasteiger partial charge in [-0.3, -0.25) is 14.5 Å². The molecule has 0 bridgehead atoms. The van der Waals surface area contributed by atoms with Crippen molar-refractivity contribution in [2.75, 3.05) is 4.90 Å². The van der Waals surface area contributed by atoms with E-state index in [2.05, 4.69) is 11.9 Å². The summed E-state index contributed by atoms with van der Waals surface area (Å²) in [6.07, 6.45) is 2.46. The average Bonchev–Trinajstić information content (AvgIpc) is 3.55. The van der Waals surface area contributed by atoms with Crippen LogP contribution in [0.3, 0.4) is 0 Å². The lowest BCUT2D eigenvalue weighted by Gasteiger charge is -2.23. The van der Waals surface area contributed by atoms with E-state index in [1.54, 1.807) is 35.8 Å². The summed E-state index contributed by atoms with van der Waals surface area (Å²) >= 11 is 1.27. The lowest BCUT2D eigenvalue weighted by Crippen LogP contribution is -2.29. The summed E-state index contributed by atoms with van der Waals surface area (Å²) < 4.78 is 5.92. The van der Waals surface area contributed by atoms with Gasteiger partial charge in [-0.1, -0.05) is 55.5 Å². The SMILES string of the molecule is CCc1ccc(C2C(=C(O)c3ccc(OCc4ccccc4C)cc3)C(=O)C(=O)N2c2nccs2)cc1. The fraction of sp³-hybridized carbons (Fsp3) is 0.167. The van der Waals surface area contributed by atoms with Crippen molar-refractivity contribution in [1.82, 2.24) is 4.98 Å². The summed E-state index contributed by atoms with van der Waals surface area (Å²) in [6, 6.07) is 21.8. The molecule has 3 aromatic carbocycles. The zero-order valence-corrected chi connectivity index (χ0v) is 21.4. The summed E-state index contributed by atoms with van der Waals surface area (Å²) in [6.45, 7) is 4.52. The molecule has 1 aliphatic heterocycles. The summed E-state index contributed by atoms with van der Waals surface area (Å²) in [4.78, 5) is 32.0. The minimum absolute atomic E-state index is 0.0398. The molecule has 7 heteroatoms. The van der Waals surface area contributed by atoms with Crippen molar-refractivity contribution in [3.05, 3.63) is 118 Å². The number of nitrogens with zero attached hydrogens (tertiary/aromatic N) is 2. The molecule has 2 heterocycles. The first-order chi connectivity index (χ1) is 18.0. The molecule has 1 unspecified atom stereocenters. The van der Waals surface area contributed by atoms with Gasteiger partial charge in [-0.05, 0) is 59.9 Å². The number of aliphatic hydroxyl groups excluding tert-OH is 1. The number of rotatable bonds is 7. The number of anilines is 1. The van der Waals surface area contributed by atoms with Crippen molar-refractivity contribution >= 4 is 33.9 Å². The molecule has 0 spiro atoms. The van der Waals surface area contributed by atoms with Gasteiger partial charge in [0.2, 0.25) is 0 Å². The first kappa shape index (κ1) is 24.5. The Labute approximate surface area is 219 Å². The van der Waals surface area contributed by atoms with E-state index in [-0.39, 0.29) is 11.3 Å². The smallest absolute Gasteiger partial charge is 0.301 e. The van der Waals surface area contributed by atoms with Crippen LogP contribution >= 0.6 is 11.3 Å². The first-order valence-corrected chi connectivity index (χ1v) is 12.9. The molecular formula is C30H26N2O4S. The number of benzene rings is 3. The predicted octanol–water partition coefficient (Wildman–Crippen LogP) is 6.22. The third kappa shape index (κ3) is 4.78. The number of thiazole rings is 1. The fourth-order valence-electron chi connectivity index (χ4n) is 4.41. The maximum atomic E-state index is 13.2. The molecule has 1 N–H and O–H groups in total. The van der Waals surface area contributed by atoms with E-state index < -0.39 is 17.7 Å². The van der Waals surface area contributed by atoms with Crippen LogP contribution in [-0.4, -0.2) is 21.8 Å². The van der Waals surface area contributed by atoms with Crippen molar-refractivity contribution < 1.29 is 19.4 Å². The lowest BCUT2D eigenvalue weighted by atomic mass is 9.94. The van der Waals surface area contributed by atoms with Gasteiger partial charge in [0.25, 0.3) is 5.78 Å². The Morgan fingerprint density at radius 2 is 1.76 bits per heavy atom. The summed E-state index contributed by atoms with van der Waals surface area (Å²) in [5.74, 6) is -1.04. The highest BCUT2D eigenvalue weighted by Crippen LogP contribution is 2.42. The minimum Gasteiger partial charge on any atom is -0.507 e. The third-order valence-electron chi connectivity index (χ3n) is 6.56. The molecule has 0 radical (unpaired) electrons. The van der Waals surface area contributed by atoms with E-state index in [9.17, 15) is 14.7 Å². The van der Waals surface area contributed by atoms with Crippen molar-refractivity contribution in [2.45, 2.75) is 32.9 Å². The number of carbonyl (C=O) groups is 2. The van der Waals surface area contributed by atoms with Crippen LogP contribution in [0.2, 0.25) is 0 Å². The number of amides is 1.